The summed E-state index contributed by atoms with van der Waals surface area (Å²) in [6.07, 6.45) is -0.513. The van der Waals surface area contributed by atoms with Crippen molar-refractivity contribution in [2.24, 2.45) is 5.73 Å². The van der Waals surface area contributed by atoms with Crippen LogP contribution in [0.4, 0.5) is 5.82 Å². The largest absolute Gasteiger partial charge is 0.481 e. The normalized spacial score (nSPS) is 22.8. The fourth-order valence-electron chi connectivity index (χ4n) is 5.18. The second kappa shape index (κ2) is 10.0. The summed E-state index contributed by atoms with van der Waals surface area (Å²) in [5.41, 5.74) is 5.07. The molecule has 38 heavy (non-hydrogen) atoms. The number of carbonyl (C=O) groups excluding carboxylic acids is 2. The molecule has 5 rings (SSSR count). The zero-order valence-electron chi connectivity index (χ0n) is 20.1. The highest BCUT2D eigenvalue weighted by Crippen LogP contribution is 2.43. The Morgan fingerprint density at radius 1 is 1.29 bits per heavy atom. The number of hydrogen-bond donors (Lipinski definition) is 5. The summed E-state index contributed by atoms with van der Waals surface area (Å²) in [6, 6.07) is 11.6. The van der Waals surface area contributed by atoms with Gasteiger partial charge in [-0.3, -0.25) is 14.4 Å². The number of aromatic nitrogens is 2. The van der Waals surface area contributed by atoms with Gasteiger partial charge in [0.25, 0.3) is 5.91 Å². The van der Waals surface area contributed by atoms with Gasteiger partial charge in [-0.2, -0.15) is 5.26 Å². The molecule has 1 saturated carbocycles. The van der Waals surface area contributed by atoms with Crippen LogP contribution in [0.5, 0.6) is 0 Å². The summed E-state index contributed by atoms with van der Waals surface area (Å²) in [4.78, 5) is 45.9. The second-order valence-electron chi connectivity index (χ2n) is 9.41. The molecule has 12 heteroatoms. The van der Waals surface area contributed by atoms with Crippen molar-refractivity contribution in [2.75, 3.05) is 11.1 Å². The van der Waals surface area contributed by atoms with Gasteiger partial charge in [-0.05, 0) is 43.0 Å². The zero-order chi connectivity index (χ0) is 27.0. The molecule has 0 radical (unpaired) electrons. The molecule has 1 fully saturated rings. The van der Waals surface area contributed by atoms with Crippen LogP contribution in [0.15, 0.2) is 41.3 Å². The summed E-state index contributed by atoms with van der Waals surface area (Å²) < 4.78 is 0. The lowest BCUT2D eigenvalue weighted by molar-refractivity contribution is -0.147. The second-order valence-corrected chi connectivity index (χ2v) is 10.4. The Hall–Kier alpha value is -4.05. The summed E-state index contributed by atoms with van der Waals surface area (Å²) >= 11 is 1.42. The maximum Gasteiger partial charge on any atom is 0.314 e. The monoisotopic (exact) mass is 532 g/mol. The minimum Gasteiger partial charge on any atom is -0.481 e. The van der Waals surface area contributed by atoms with Crippen LogP contribution in [0, 0.1) is 11.3 Å². The van der Waals surface area contributed by atoms with Gasteiger partial charge in [0, 0.05) is 18.0 Å². The molecule has 1 aromatic carbocycles. The van der Waals surface area contributed by atoms with Crippen molar-refractivity contribution in [3.8, 4) is 6.07 Å². The van der Waals surface area contributed by atoms with Gasteiger partial charge in [0.15, 0.2) is 5.69 Å². The Balaban J connectivity index is 1.39. The Morgan fingerprint density at radius 2 is 2.11 bits per heavy atom. The third kappa shape index (κ3) is 4.56. The van der Waals surface area contributed by atoms with E-state index in [1.54, 1.807) is 18.2 Å². The van der Waals surface area contributed by atoms with Crippen LogP contribution in [0.1, 0.15) is 46.6 Å². The third-order valence-electron chi connectivity index (χ3n) is 7.12. The molecule has 3 aromatic rings. The lowest BCUT2D eigenvalue weighted by Gasteiger charge is -2.41. The van der Waals surface area contributed by atoms with Crippen LogP contribution in [-0.2, 0) is 21.5 Å². The number of carboxylic acid groups (broad SMARTS) is 1. The molecule has 2 aliphatic rings. The number of nitrogens with two attached hydrogens (primary N) is 1. The minimum absolute atomic E-state index is 0.0385. The number of rotatable bonds is 6. The number of nitriles is 1. The van der Waals surface area contributed by atoms with Gasteiger partial charge in [-0.25, -0.2) is 9.97 Å². The lowest BCUT2D eigenvalue weighted by Crippen LogP contribution is -2.52. The highest BCUT2D eigenvalue weighted by Gasteiger charge is 2.48. The number of anilines is 1. The molecule has 194 valence electrons. The quantitative estimate of drug-likeness (QED) is 0.312. The van der Waals surface area contributed by atoms with Crippen molar-refractivity contribution in [3.05, 3.63) is 58.9 Å². The van der Waals surface area contributed by atoms with Gasteiger partial charge >= 0.3 is 5.97 Å². The number of aliphatic hydroxyl groups is 1. The number of para-hydroxylation sites is 1. The maximum absolute atomic E-state index is 12.7. The minimum atomic E-state index is -1.45. The van der Waals surface area contributed by atoms with Crippen molar-refractivity contribution < 1.29 is 24.6 Å². The number of nitrogens with one attached hydrogen (secondary N) is 2. The number of thioether (sulfide) groups is 1. The molecule has 0 unspecified atom stereocenters. The Kier molecular flexibility index (Phi) is 6.75. The van der Waals surface area contributed by atoms with Crippen LogP contribution in [0.3, 0.4) is 0 Å². The van der Waals surface area contributed by atoms with Gasteiger partial charge in [0.2, 0.25) is 5.91 Å². The molecule has 3 heterocycles. The van der Waals surface area contributed by atoms with E-state index in [1.165, 1.54) is 17.8 Å². The molecular weight excluding hydrogens is 508 g/mol. The van der Waals surface area contributed by atoms with Crippen LogP contribution in [-0.4, -0.2) is 55.9 Å². The number of primary amides is 1. The first-order chi connectivity index (χ1) is 18.2. The first-order valence-corrected chi connectivity index (χ1v) is 12.9. The Bertz CT molecular complexity index is 1520. The van der Waals surface area contributed by atoms with Crippen molar-refractivity contribution in [1.82, 2.24) is 15.3 Å². The lowest BCUT2D eigenvalue weighted by atomic mass is 9.66. The average Bonchev–Trinajstić information content (AvgIpc) is 2.90. The summed E-state index contributed by atoms with van der Waals surface area (Å²) in [7, 11) is 0. The Morgan fingerprint density at radius 3 is 2.82 bits per heavy atom. The average molecular weight is 533 g/mol. The predicted molar refractivity (Wildman–Crippen MR) is 138 cm³/mol. The summed E-state index contributed by atoms with van der Waals surface area (Å²) in [5, 5.41) is 37.4. The molecule has 11 nitrogen and oxygen atoms in total. The molecule has 2 aromatic heterocycles. The van der Waals surface area contributed by atoms with Gasteiger partial charge in [0.1, 0.15) is 11.9 Å². The number of aliphatic hydroxyl groups excluding tert-OH is 1. The third-order valence-corrected chi connectivity index (χ3v) is 8.17. The van der Waals surface area contributed by atoms with E-state index in [0.29, 0.717) is 41.2 Å². The topological polar surface area (TPSA) is 191 Å². The van der Waals surface area contributed by atoms with Crippen LogP contribution >= 0.6 is 11.8 Å². The molecule has 0 saturated heterocycles. The number of pyridine rings is 2. The molecular formula is C26H24N6O5S. The van der Waals surface area contributed by atoms with E-state index in [0.717, 1.165) is 4.90 Å². The van der Waals surface area contributed by atoms with Gasteiger partial charge in [-0.1, -0.05) is 18.2 Å². The van der Waals surface area contributed by atoms with E-state index in [2.05, 4.69) is 20.6 Å². The smallest absolute Gasteiger partial charge is 0.314 e. The molecule has 0 spiro atoms. The summed E-state index contributed by atoms with van der Waals surface area (Å²) in [5.74, 6) is -1.15. The van der Waals surface area contributed by atoms with E-state index >= 15 is 0 Å². The molecule has 6 N–H and O–H groups in total. The molecule has 2 amide bonds. The van der Waals surface area contributed by atoms with E-state index in [1.807, 2.05) is 18.2 Å². The van der Waals surface area contributed by atoms with Crippen molar-refractivity contribution >= 4 is 46.3 Å². The number of amides is 2. The Labute approximate surface area is 221 Å². The molecule has 1 aliphatic carbocycles. The molecule has 0 bridgehead atoms. The number of carbonyl (C=O) groups is 3. The first-order valence-electron chi connectivity index (χ1n) is 11.9. The van der Waals surface area contributed by atoms with Crippen LogP contribution in [0.2, 0.25) is 0 Å². The maximum atomic E-state index is 12.7. The number of aliphatic carboxylic acids is 1. The fourth-order valence-corrected chi connectivity index (χ4v) is 5.94. The number of carboxylic acids is 1. The van der Waals surface area contributed by atoms with Gasteiger partial charge in [0.05, 0.1) is 38.9 Å². The number of hydrogen-bond acceptors (Lipinski definition) is 9. The van der Waals surface area contributed by atoms with Gasteiger partial charge in [-0.15, -0.1) is 11.8 Å². The SMILES string of the molecule is N#Cc1nc2c([C@]3(C(=O)O)CC[C@H](NCc4ccc5c(n4)NC(=O)CS5)[C@H](O)C3)cccc2cc1C(N)=O. The van der Waals surface area contributed by atoms with Crippen LogP contribution < -0.4 is 16.4 Å². The van der Waals surface area contributed by atoms with Crippen molar-refractivity contribution in [2.45, 2.75) is 48.3 Å². The number of benzene rings is 1. The highest BCUT2D eigenvalue weighted by atomic mass is 32.2. The van der Waals surface area contributed by atoms with E-state index in [4.69, 9.17) is 5.73 Å². The van der Waals surface area contributed by atoms with E-state index in [-0.39, 0.29) is 41.6 Å². The predicted octanol–water partition coefficient (Wildman–Crippen LogP) is 1.67. The van der Waals surface area contributed by atoms with Crippen molar-refractivity contribution in [3.63, 3.8) is 0 Å². The standard InChI is InChI=1S/C26H24N6O5S/c27-10-18-15(23(28)35)8-13-2-1-3-16(22(13)31-18)26(25(36)37)7-6-17(19(33)9-26)29-11-14-4-5-20-24(30-14)32-21(34)12-38-20/h1-5,8,17,19,29,33H,6-7,9,11-12H2,(H2,28,35)(H,36,37)(H,30,32,34)/t17-,19+,26-/m0/s1. The van der Waals surface area contributed by atoms with E-state index in [9.17, 15) is 29.9 Å². The van der Waals surface area contributed by atoms with Gasteiger partial charge < -0.3 is 26.6 Å². The summed E-state index contributed by atoms with van der Waals surface area (Å²) in [6.45, 7) is 0.326. The molecule has 3 atom stereocenters. The highest BCUT2D eigenvalue weighted by molar-refractivity contribution is 8.00. The first kappa shape index (κ1) is 25.6. The zero-order valence-corrected chi connectivity index (χ0v) is 20.9. The molecule has 1 aliphatic heterocycles. The fraction of sp³-hybridized carbons (Fsp3) is 0.308. The van der Waals surface area contributed by atoms with Crippen LogP contribution in [0.25, 0.3) is 10.9 Å². The van der Waals surface area contributed by atoms with Crippen molar-refractivity contribution in [1.29, 1.82) is 5.26 Å². The number of nitrogens with zero attached hydrogens (tertiary/aromatic N) is 3. The van der Waals surface area contributed by atoms with E-state index < -0.39 is 23.4 Å². The number of fused-ring (bicyclic) bond motifs is 2.